The predicted octanol–water partition coefficient (Wildman–Crippen LogP) is 4.08. The number of ether oxygens (including phenoxy) is 9. The van der Waals surface area contributed by atoms with Gasteiger partial charge in [0.25, 0.3) is 0 Å². The van der Waals surface area contributed by atoms with E-state index in [0.29, 0.717) is 38.5 Å². The molecule has 12 nitrogen and oxygen atoms in total. The summed E-state index contributed by atoms with van der Waals surface area (Å²) in [5.74, 6) is -0.653. The zero-order valence-corrected chi connectivity index (χ0v) is 31.9. The highest BCUT2D eigenvalue weighted by molar-refractivity contribution is 5.79. The minimum Gasteiger partial charge on any atom is -0.392 e. The lowest BCUT2D eigenvalue weighted by molar-refractivity contribution is -0.277. The molecule has 0 aromatic heterocycles. The van der Waals surface area contributed by atoms with Crippen LogP contribution in [0.1, 0.15) is 96.8 Å². The highest BCUT2D eigenvalue weighted by Gasteiger charge is 2.60. The van der Waals surface area contributed by atoms with Crippen molar-refractivity contribution < 1.29 is 52.5 Å². The molecule has 0 saturated carbocycles. The van der Waals surface area contributed by atoms with Crippen LogP contribution in [0.3, 0.4) is 0 Å². The summed E-state index contributed by atoms with van der Waals surface area (Å²) in [4.78, 5) is 14.1. The molecule has 0 aromatic rings. The molecule has 18 atom stereocenters. The summed E-state index contributed by atoms with van der Waals surface area (Å²) in [6.07, 6.45) is 5.80. The fourth-order valence-corrected chi connectivity index (χ4v) is 11.0. The number of fused-ring (bicyclic) bond motifs is 9. The molecule has 8 saturated heterocycles. The molecule has 8 heterocycles. The monoisotopic (exact) mass is 745 g/mol. The van der Waals surface area contributed by atoms with E-state index in [1.165, 1.54) is 0 Å². The minimum absolute atomic E-state index is 0.0245. The van der Waals surface area contributed by atoms with Crippen molar-refractivity contribution >= 4 is 5.78 Å². The Morgan fingerprint density at radius 3 is 2.40 bits per heavy atom. The van der Waals surface area contributed by atoms with Crippen LogP contribution in [0, 0.1) is 11.8 Å². The third kappa shape index (κ3) is 7.86. The topological polar surface area (TPSA) is 146 Å². The highest BCUT2D eigenvalue weighted by atomic mass is 16.7. The van der Waals surface area contributed by atoms with Crippen LogP contribution in [0.4, 0.5) is 0 Å². The van der Waals surface area contributed by atoms with Gasteiger partial charge in [0.15, 0.2) is 5.79 Å². The number of carbonyl (C=O) groups excluding carboxylic acids is 1. The van der Waals surface area contributed by atoms with Crippen molar-refractivity contribution in [2.75, 3.05) is 20.8 Å². The first kappa shape index (κ1) is 38.6. The van der Waals surface area contributed by atoms with Crippen molar-refractivity contribution in [2.45, 2.75) is 194 Å². The molecule has 3 N–H and O–H groups in total. The van der Waals surface area contributed by atoms with Crippen LogP contribution in [0.25, 0.3) is 0 Å². The second-order valence-corrected chi connectivity index (χ2v) is 17.4. The number of hydrogen-bond acceptors (Lipinski definition) is 12. The Morgan fingerprint density at radius 2 is 1.60 bits per heavy atom. The Morgan fingerprint density at radius 1 is 0.811 bits per heavy atom. The Balaban J connectivity index is 1.06. The molecule has 8 fully saturated rings. The van der Waals surface area contributed by atoms with Crippen LogP contribution in [0.5, 0.6) is 0 Å². The van der Waals surface area contributed by atoms with Gasteiger partial charge in [0.2, 0.25) is 0 Å². The van der Waals surface area contributed by atoms with Crippen molar-refractivity contribution in [2.24, 2.45) is 17.6 Å². The smallest absolute Gasteiger partial charge is 0.172 e. The van der Waals surface area contributed by atoms with E-state index in [1.54, 1.807) is 14.2 Å². The molecule has 1 spiro atoms. The molecule has 8 aliphatic rings. The van der Waals surface area contributed by atoms with Crippen LogP contribution in [-0.4, -0.2) is 129 Å². The van der Waals surface area contributed by atoms with E-state index in [9.17, 15) is 9.90 Å². The van der Waals surface area contributed by atoms with Crippen molar-refractivity contribution in [1.29, 1.82) is 0 Å². The van der Waals surface area contributed by atoms with Crippen molar-refractivity contribution in [3.8, 4) is 0 Å². The molecule has 13 unspecified atom stereocenters. The Labute approximate surface area is 314 Å². The highest BCUT2D eigenvalue weighted by Crippen LogP contribution is 2.50. The lowest BCUT2D eigenvalue weighted by Gasteiger charge is -2.47. The second kappa shape index (κ2) is 15.9. The van der Waals surface area contributed by atoms with Crippen LogP contribution in [0.2, 0.25) is 0 Å². The number of aliphatic hydroxyl groups excluding tert-OH is 1. The Bertz CT molecular complexity index is 1350. The number of nitrogens with two attached hydrogens (primary N) is 1. The van der Waals surface area contributed by atoms with E-state index in [4.69, 9.17) is 48.4 Å². The van der Waals surface area contributed by atoms with Gasteiger partial charge in [-0.25, -0.2) is 0 Å². The summed E-state index contributed by atoms with van der Waals surface area (Å²) in [5.41, 5.74) is 8.01. The maximum Gasteiger partial charge on any atom is 0.172 e. The van der Waals surface area contributed by atoms with Gasteiger partial charge in [0.1, 0.15) is 18.0 Å². The van der Waals surface area contributed by atoms with Gasteiger partial charge >= 0.3 is 0 Å². The van der Waals surface area contributed by atoms with E-state index in [0.717, 1.165) is 56.1 Å². The van der Waals surface area contributed by atoms with Crippen LogP contribution < -0.4 is 5.73 Å². The summed E-state index contributed by atoms with van der Waals surface area (Å²) < 4.78 is 59.5. The average molecular weight is 746 g/mol. The molecule has 298 valence electrons. The van der Waals surface area contributed by atoms with Crippen molar-refractivity contribution in [3.63, 3.8) is 0 Å². The zero-order valence-electron chi connectivity index (χ0n) is 31.9. The first-order valence-corrected chi connectivity index (χ1v) is 20.5. The first-order valence-electron chi connectivity index (χ1n) is 20.5. The van der Waals surface area contributed by atoms with Gasteiger partial charge in [-0.05, 0) is 62.0 Å². The number of hydrogen-bond donors (Lipinski definition) is 2. The fraction of sp³-hybridized carbons (Fsp3) is 0.878. The summed E-state index contributed by atoms with van der Waals surface area (Å²) in [5, 5.41) is 10.5. The number of rotatable bonds is 5. The molecule has 8 aliphatic heterocycles. The third-order valence-corrected chi connectivity index (χ3v) is 13.9. The SMILES string of the molecule is C=C1CC2CC[C@]34C[C@@H](OC)C(O3)C3CC(O4)C4OC(CC[C@@H]4O3)CC(=O)CC3[C@@H](OC)C(CC(O)CN)O[C@H]3CC3OC(CCC1O2)CC(C)C3=C. The summed E-state index contributed by atoms with van der Waals surface area (Å²) in [6.45, 7) is 11.3. The van der Waals surface area contributed by atoms with Gasteiger partial charge < -0.3 is 53.5 Å². The number of Topliss-reactive ketones (excluding diaryl/α,β-unsaturated/α-hetero) is 1. The average Bonchev–Trinajstić information content (AvgIpc) is 3.77. The number of carbonyl (C=O) groups is 1. The maximum atomic E-state index is 14.1. The normalized spacial score (nSPS) is 49.6. The molecule has 0 amide bonds. The van der Waals surface area contributed by atoms with Crippen LogP contribution in [0.15, 0.2) is 24.3 Å². The number of aliphatic hydroxyl groups is 1. The molecule has 53 heavy (non-hydrogen) atoms. The minimum atomic E-state index is -0.820. The van der Waals surface area contributed by atoms with Gasteiger partial charge in [-0.1, -0.05) is 20.1 Å². The van der Waals surface area contributed by atoms with Gasteiger partial charge in [-0.15, -0.1) is 0 Å². The Kier molecular flexibility index (Phi) is 11.6. The van der Waals surface area contributed by atoms with Gasteiger partial charge in [-0.2, -0.15) is 0 Å². The van der Waals surface area contributed by atoms with E-state index in [-0.39, 0.29) is 110 Å². The Hall–Kier alpha value is -1.29. The van der Waals surface area contributed by atoms with Crippen LogP contribution >= 0.6 is 0 Å². The molecule has 10 bridgehead atoms. The maximum absolute atomic E-state index is 14.1. The van der Waals surface area contributed by atoms with Crippen molar-refractivity contribution in [1.82, 2.24) is 0 Å². The van der Waals surface area contributed by atoms with E-state index >= 15 is 0 Å². The predicted molar refractivity (Wildman–Crippen MR) is 193 cm³/mol. The van der Waals surface area contributed by atoms with Gasteiger partial charge in [0, 0.05) is 71.6 Å². The van der Waals surface area contributed by atoms with Gasteiger partial charge in [0.05, 0.1) is 79.4 Å². The second-order valence-electron chi connectivity index (χ2n) is 17.4. The zero-order chi connectivity index (χ0) is 37.0. The molecule has 0 radical (unpaired) electrons. The molecule has 0 aromatic carbocycles. The van der Waals surface area contributed by atoms with E-state index < -0.39 is 18.0 Å². The first-order chi connectivity index (χ1) is 25.5. The van der Waals surface area contributed by atoms with Crippen molar-refractivity contribution in [3.05, 3.63) is 24.3 Å². The summed E-state index contributed by atoms with van der Waals surface area (Å²) >= 11 is 0. The quantitative estimate of drug-likeness (QED) is 0.391. The molecule has 12 heteroatoms. The summed E-state index contributed by atoms with van der Waals surface area (Å²) in [6, 6.07) is 0. The summed E-state index contributed by atoms with van der Waals surface area (Å²) in [7, 11) is 3.40. The third-order valence-electron chi connectivity index (χ3n) is 13.9. The van der Waals surface area contributed by atoms with E-state index in [1.807, 2.05) is 0 Å². The molecular weight excluding hydrogens is 682 g/mol. The lowest BCUT2D eigenvalue weighted by Crippen LogP contribution is -2.58. The number of methoxy groups -OCH3 is 2. The molecule has 0 aliphatic carbocycles. The lowest BCUT2D eigenvalue weighted by atomic mass is 9.81. The standard InChI is InChI=1S/C41H63NO11/c1-21-12-26-6-8-30-22(2)13-28(47-30)10-11-41-19-37(45-4)40(53-41)35-18-36(52-41)39-31(50-35)9-7-27(49-39)14-24(43)15-29-33(17-32(48-26)23(21)3)51-34(38(29)46-5)16-25(44)20-42/h21,25-40,44H,2-3,6-20,42H2,1,4-5H3/t21?,25?,26?,27?,28?,29?,30?,31-,32?,33-,34?,35?,36?,37+,38+,39?,40?,41+/m0/s1. The fourth-order valence-electron chi connectivity index (χ4n) is 11.0. The van der Waals surface area contributed by atoms with Crippen LogP contribution in [-0.2, 0) is 47.4 Å². The van der Waals surface area contributed by atoms with Gasteiger partial charge in [-0.3, -0.25) is 4.79 Å². The molecular formula is C41H63NO11. The van der Waals surface area contributed by atoms with E-state index in [2.05, 4.69) is 20.1 Å². The largest absolute Gasteiger partial charge is 0.392 e. The number of ketones is 1. The molecule has 8 rings (SSSR count).